The minimum Gasteiger partial charge on any atom is -0.490 e. The number of carboxylic acids is 1. The van der Waals surface area contributed by atoms with E-state index in [1.165, 1.54) is 49.8 Å². The third-order valence-corrected chi connectivity index (χ3v) is 9.30. The van der Waals surface area contributed by atoms with Crippen molar-refractivity contribution in [2.45, 2.75) is 148 Å². The van der Waals surface area contributed by atoms with Crippen molar-refractivity contribution < 1.29 is 33.6 Å². The SMILES string of the molecule is CCCCCC(CCSCCCCCCCCC(C)OC(OCCC)(C(=O)O)[P+](=O)O)Oc1ccc(C(C)(C)C)cc1. The summed E-state index contributed by atoms with van der Waals surface area (Å²) < 4.78 is 28.8. The van der Waals surface area contributed by atoms with Crippen molar-refractivity contribution in [1.82, 2.24) is 0 Å². The Labute approximate surface area is 260 Å². The molecule has 7 nitrogen and oxygen atoms in total. The van der Waals surface area contributed by atoms with Crippen molar-refractivity contribution in [2.75, 3.05) is 18.1 Å². The van der Waals surface area contributed by atoms with E-state index in [0.717, 1.165) is 43.6 Å². The molecule has 0 heterocycles. The molecule has 4 unspecified atom stereocenters. The molecule has 42 heavy (non-hydrogen) atoms. The Hall–Kier alpha value is -1.18. The number of hydrogen-bond donors (Lipinski definition) is 2. The molecule has 0 aliphatic carbocycles. The van der Waals surface area contributed by atoms with Crippen LogP contribution >= 0.6 is 19.8 Å². The Morgan fingerprint density at radius 1 is 0.881 bits per heavy atom. The largest absolute Gasteiger partial charge is 0.586 e. The minimum absolute atomic E-state index is 0.0402. The molecule has 1 aromatic carbocycles. The normalized spacial score (nSPS) is 15.2. The summed E-state index contributed by atoms with van der Waals surface area (Å²) in [5.74, 6) is 1.70. The molecule has 0 amide bonds. The lowest BCUT2D eigenvalue weighted by Gasteiger charge is -2.22. The van der Waals surface area contributed by atoms with Crippen LogP contribution in [0.15, 0.2) is 24.3 Å². The molecule has 0 bridgehead atoms. The molecule has 242 valence electrons. The number of ether oxygens (including phenoxy) is 3. The molecule has 1 rings (SSSR count). The van der Waals surface area contributed by atoms with Gasteiger partial charge >= 0.3 is 19.5 Å². The predicted octanol–water partition coefficient (Wildman–Crippen LogP) is 9.47. The molecular weight excluding hydrogens is 571 g/mol. The maximum Gasteiger partial charge on any atom is 0.586 e. The summed E-state index contributed by atoms with van der Waals surface area (Å²) in [6, 6.07) is 8.63. The van der Waals surface area contributed by atoms with E-state index in [0.29, 0.717) is 12.8 Å². The molecule has 0 saturated carbocycles. The van der Waals surface area contributed by atoms with Crippen molar-refractivity contribution in [3.05, 3.63) is 29.8 Å². The van der Waals surface area contributed by atoms with Gasteiger partial charge in [-0.2, -0.15) is 16.7 Å². The second-order valence-corrected chi connectivity index (χ2v) is 14.6. The Kier molecular flexibility index (Phi) is 19.9. The Balaban J connectivity index is 2.25. The van der Waals surface area contributed by atoms with E-state index in [1.807, 2.05) is 11.8 Å². The Morgan fingerprint density at radius 3 is 2.07 bits per heavy atom. The zero-order chi connectivity index (χ0) is 31.4. The third kappa shape index (κ3) is 15.5. The van der Waals surface area contributed by atoms with Gasteiger partial charge in [0.15, 0.2) is 0 Å². The fraction of sp³-hybridized carbons (Fsp3) is 0.788. The van der Waals surface area contributed by atoms with Gasteiger partial charge in [-0.15, -0.1) is 0 Å². The van der Waals surface area contributed by atoms with Crippen LogP contribution in [0.4, 0.5) is 0 Å². The molecule has 0 radical (unpaired) electrons. The maximum absolute atomic E-state index is 11.8. The van der Waals surface area contributed by atoms with Crippen LogP contribution in [0.2, 0.25) is 0 Å². The smallest absolute Gasteiger partial charge is 0.490 e. The van der Waals surface area contributed by atoms with Crippen LogP contribution in [-0.2, 0) is 24.2 Å². The number of rotatable bonds is 25. The molecule has 0 aromatic heterocycles. The summed E-state index contributed by atoms with van der Waals surface area (Å²) in [7, 11) is -3.19. The number of thioether (sulfide) groups is 1. The molecule has 0 fully saturated rings. The van der Waals surface area contributed by atoms with Crippen LogP contribution in [0.5, 0.6) is 5.75 Å². The molecule has 1 aromatic rings. The minimum atomic E-state index is -3.19. The zero-order valence-electron chi connectivity index (χ0n) is 27.1. The number of benzene rings is 1. The first-order valence-electron chi connectivity index (χ1n) is 16.0. The second kappa shape index (κ2) is 21.5. The van der Waals surface area contributed by atoms with Gasteiger partial charge in [0.2, 0.25) is 0 Å². The van der Waals surface area contributed by atoms with Crippen LogP contribution in [0.25, 0.3) is 0 Å². The van der Waals surface area contributed by atoms with E-state index >= 15 is 0 Å². The van der Waals surface area contributed by atoms with Gasteiger partial charge in [-0.05, 0) is 84.6 Å². The average Bonchev–Trinajstić information content (AvgIpc) is 2.93. The molecule has 0 aliphatic heterocycles. The van der Waals surface area contributed by atoms with E-state index < -0.39 is 25.6 Å². The lowest BCUT2D eigenvalue weighted by atomic mass is 9.87. The molecule has 0 aliphatic rings. The van der Waals surface area contributed by atoms with E-state index in [2.05, 4.69) is 52.0 Å². The summed E-state index contributed by atoms with van der Waals surface area (Å²) >= 11 is 2.02. The quantitative estimate of drug-likeness (QED) is 0.0626. The summed E-state index contributed by atoms with van der Waals surface area (Å²) in [5.41, 5.74) is -1.01. The van der Waals surface area contributed by atoms with Crippen LogP contribution < -0.4 is 4.74 Å². The summed E-state index contributed by atoms with van der Waals surface area (Å²) in [4.78, 5) is 21.2. The van der Waals surface area contributed by atoms with Crippen molar-refractivity contribution in [1.29, 1.82) is 0 Å². The summed E-state index contributed by atoms with van der Waals surface area (Å²) in [6.07, 6.45) is 13.4. The van der Waals surface area contributed by atoms with E-state index in [-0.39, 0.29) is 18.1 Å². The molecule has 4 atom stereocenters. The van der Waals surface area contributed by atoms with Gasteiger partial charge in [0.25, 0.3) is 0 Å². The summed E-state index contributed by atoms with van der Waals surface area (Å²) in [5, 5.41) is 9.48. The predicted molar refractivity (Wildman–Crippen MR) is 175 cm³/mol. The molecule has 0 saturated heterocycles. The highest BCUT2D eigenvalue weighted by Gasteiger charge is 2.62. The first kappa shape index (κ1) is 38.8. The van der Waals surface area contributed by atoms with E-state index in [4.69, 9.17) is 14.2 Å². The Bertz CT molecular complexity index is 858. The number of hydrogen-bond acceptors (Lipinski definition) is 6. The number of unbranched alkanes of at least 4 members (excludes halogenated alkanes) is 7. The van der Waals surface area contributed by atoms with Gasteiger partial charge in [-0.1, -0.05) is 91.7 Å². The van der Waals surface area contributed by atoms with Crippen LogP contribution in [0.1, 0.15) is 131 Å². The number of carbonyl (C=O) groups is 1. The highest BCUT2D eigenvalue weighted by molar-refractivity contribution is 7.99. The van der Waals surface area contributed by atoms with E-state index in [9.17, 15) is 19.4 Å². The second-order valence-electron chi connectivity index (χ2n) is 12.3. The fourth-order valence-corrected chi connectivity index (χ4v) is 6.35. The monoisotopic (exact) mass is 629 g/mol. The lowest BCUT2D eigenvalue weighted by Crippen LogP contribution is -2.43. The van der Waals surface area contributed by atoms with Crippen LogP contribution in [0, 0.1) is 0 Å². The fourth-order valence-electron chi connectivity index (χ4n) is 4.67. The number of aliphatic carboxylic acids is 1. The molecule has 2 N–H and O–H groups in total. The van der Waals surface area contributed by atoms with Gasteiger partial charge < -0.3 is 9.84 Å². The highest BCUT2D eigenvalue weighted by Crippen LogP contribution is 2.40. The van der Waals surface area contributed by atoms with E-state index in [1.54, 1.807) is 13.8 Å². The topological polar surface area (TPSA) is 102 Å². The lowest BCUT2D eigenvalue weighted by molar-refractivity contribution is -0.221. The highest BCUT2D eigenvalue weighted by atomic mass is 32.2. The van der Waals surface area contributed by atoms with Gasteiger partial charge in [0, 0.05) is 0 Å². The molecule has 9 heteroatoms. The van der Waals surface area contributed by atoms with Gasteiger partial charge in [0.05, 0.1) is 18.8 Å². The Morgan fingerprint density at radius 2 is 1.50 bits per heavy atom. The van der Waals surface area contributed by atoms with Crippen molar-refractivity contribution in [3.63, 3.8) is 0 Å². The molecular formula is C33H58O7PS+. The van der Waals surface area contributed by atoms with Crippen molar-refractivity contribution in [2.24, 2.45) is 0 Å². The van der Waals surface area contributed by atoms with Crippen molar-refractivity contribution in [3.8, 4) is 5.75 Å². The zero-order valence-corrected chi connectivity index (χ0v) is 28.8. The third-order valence-electron chi connectivity index (χ3n) is 7.27. The van der Waals surface area contributed by atoms with Crippen LogP contribution in [0.3, 0.4) is 0 Å². The molecule has 0 spiro atoms. The maximum atomic E-state index is 11.8. The van der Waals surface area contributed by atoms with Gasteiger partial charge in [-0.25, -0.2) is 4.79 Å². The van der Waals surface area contributed by atoms with Crippen LogP contribution in [-0.4, -0.2) is 51.8 Å². The van der Waals surface area contributed by atoms with Gasteiger partial charge in [-0.3, -0.25) is 9.47 Å². The standard InChI is InChI=1S/C33H57O7PS/c1-7-9-14-18-29(39-30-21-19-28(20-22-30)32(4,5)6)23-26-42-25-16-13-11-10-12-15-17-27(3)40-33(31(34)35,41(36)37)38-24-8-2/h19-22,27,29H,7-18,23-26H2,1-6H3,(H-,34,35,36,37)/p+1. The number of carboxylic acid groups (broad SMARTS) is 1. The van der Waals surface area contributed by atoms with Gasteiger partial charge in [0.1, 0.15) is 5.75 Å². The first-order chi connectivity index (χ1) is 20.0. The van der Waals surface area contributed by atoms with Crippen molar-refractivity contribution >= 4 is 25.8 Å². The average molecular weight is 630 g/mol. The first-order valence-corrected chi connectivity index (χ1v) is 18.4. The summed E-state index contributed by atoms with van der Waals surface area (Å²) in [6.45, 7) is 12.5.